The molecule has 0 saturated carbocycles. The Morgan fingerprint density at radius 2 is 2.04 bits per heavy atom. The highest BCUT2D eigenvalue weighted by Crippen LogP contribution is 2.31. The summed E-state index contributed by atoms with van der Waals surface area (Å²) in [6.45, 7) is 2.49. The Labute approximate surface area is 154 Å². The number of nitrogens with one attached hydrogen (secondary N) is 1. The zero-order valence-electron chi connectivity index (χ0n) is 13.6. The average molecular weight is 410 g/mol. The summed E-state index contributed by atoms with van der Waals surface area (Å²) < 4.78 is 0.990. The van der Waals surface area contributed by atoms with Crippen LogP contribution in [-0.2, 0) is 11.3 Å². The third-order valence-corrected chi connectivity index (χ3v) is 4.83. The Morgan fingerprint density at radius 3 is 2.62 bits per heavy atom. The summed E-state index contributed by atoms with van der Waals surface area (Å²) in [7, 11) is 1.74. The molecule has 0 aliphatic carbocycles. The minimum Gasteiger partial charge on any atom is -0.382 e. The fourth-order valence-electron chi connectivity index (χ4n) is 2.10. The normalized spacial score (nSPS) is 10.5. The van der Waals surface area contributed by atoms with Gasteiger partial charge in [0.25, 0.3) is 0 Å². The van der Waals surface area contributed by atoms with Crippen molar-refractivity contribution < 1.29 is 4.79 Å². The Hall–Kier alpha value is -1.80. The molecule has 3 N–H and O–H groups in total. The molecule has 24 heavy (non-hydrogen) atoms. The maximum Gasteiger partial charge on any atom is 0.215 e. The number of nitrogens with two attached hydrogens (primary N) is 1. The molecule has 0 radical (unpaired) electrons. The van der Waals surface area contributed by atoms with Crippen LogP contribution in [0.1, 0.15) is 18.9 Å². The lowest BCUT2D eigenvalue weighted by molar-refractivity contribution is -0.107. The molecular formula is C16H20BrN5OS. The number of benzene rings is 1. The number of carbonyl (C=O) groups is 1. The molecule has 0 atom stereocenters. The molecule has 0 spiro atoms. The smallest absolute Gasteiger partial charge is 0.215 e. The lowest BCUT2D eigenvalue weighted by atomic mass is 10.2. The van der Waals surface area contributed by atoms with E-state index in [0.717, 1.165) is 28.6 Å². The maximum absolute atomic E-state index is 11.7. The van der Waals surface area contributed by atoms with Gasteiger partial charge in [-0.05, 0) is 24.1 Å². The molecule has 0 fully saturated rings. The van der Waals surface area contributed by atoms with Crippen LogP contribution < -0.4 is 16.0 Å². The maximum atomic E-state index is 11.7. The summed E-state index contributed by atoms with van der Waals surface area (Å²) in [4.78, 5) is 22.0. The van der Waals surface area contributed by atoms with Gasteiger partial charge in [0.05, 0.1) is 6.54 Å². The number of nitrogen functional groups attached to an aromatic ring is 1. The van der Waals surface area contributed by atoms with Crippen LogP contribution >= 0.6 is 27.7 Å². The van der Waals surface area contributed by atoms with Crippen molar-refractivity contribution in [1.82, 2.24) is 9.97 Å². The van der Waals surface area contributed by atoms with Crippen molar-refractivity contribution in [2.45, 2.75) is 25.0 Å². The van der Waals surface area contributed by atoms with Gasteiger partial charge in [0.15, 0.2) is 16.8 Å². The number of hydrogen-bond acceptors (Lipinski definition) is 6. The fraction of sp³-hybridized carbons (Fsp3) is 0.312. The van der Waals surface area contributed by atoms with Crippen LogP contribution in [0.5, 0.6) is 0 Å². The van der Waals surface area contributed by atoms with E-state index >= 15 is 0 Å². The summed E-state index contributed by atoms with van der Waals surface area (Å²) >= 11 is 4.93. The van der Waals surface area contributed by atoms with Crippen LogP contribution in [0, 0.1) is 0 Å². The van der Waals surface area contributed by atoms with Gasteiger partial charge in [-0.1, -0.05) is 46.7 Å². The van der Waals surface area contributed by atoms with Gasteiger partial charge in [0.1, 0.15) is 5.69 Å². The van der Waals surface area contributed by atoms with Gasteiger partial charge in [-0.2, -0.15) is 0 Å². The summed E-state index contributed by atoms with van der Waals surface area (Å²) in [6, 6.07) is 7.79. The fourth-order valence-corrected chi connectivity index (χ4v) is 3.06. The first kappa shape index (κ1) is 18.5. The number of carbonyl (C=O) groups excluding carboxylic acids is 1. The predicted molar refractivity (Wildman–Crippen MR) is 103 cm³/mol. The summed E-state index contributed by atoms with van der Waals surface area (Å²) in [5.74, 6) is 1.72. The molecule has 2 aromatic rings. The minimum atomic E-state index is 0.337. The van der Waals surface area contributed by atoms with E-state index in [1.54, 1.807) is 7.05 Å². The van der Waals surface area contributed by atoms with Crippen molar-refractivity contribution in [2.24, 2.45) is 0 Å². The molecule has 0 unspecified atom stereocenters. The Morgan fingerprint density at radius 1 is 1.33 bits per heavy atom. The minimum absolute atomic E-state index is 0.337. The van der Waals surface area contributed by atoms with E-state index < -0.39 is 0 Å². The van der Waals surface area contributed by atoms with E-state index in [2.05, 4.69) is 38.1 Å². The van der Waals surface area contributed by atoms with Gasteiger partial charge in [0, 0.05) is 17.3 Å². The zero-order valence-corrected chi connectivity index (χ0v) is 16.0. The second-order valence-electron chi connectivity index (χ2n) is 5.05. The van der Waals surface area contributed by atoms with Gasteiger partial charge in [-0.15, -0.1) is 0 Å². The topological polar surface area (TPSA) is 84.1 Å². The molecule has 0 bridgehead atoms. The summed E-state index contributed by atoms with van der Waals surface area (Å²) in [5, 5.41) is 3.56. The van der Waals surface area contributed by atoms with Crippen LogP contribution in [0.25, 0.3) is 0 Å². The van der Waals surface area contributed by atoms with Gasteiger partial charge in [-0.3, -0.25) is 9.69 Å². The SMILES string of the molecule is CCCSc1nc(N)c(NC)c(N(C=O)Cc2ccc(Br)cc2)n1. The molecule has 0 saturated heterocycles. The molecule has 0 aliphatic heterocycles. The Bertz CT molecular complexity index is 696. The molecule has 1 amide bonds. The first-order chi connectivity index (χ1) is 11.6. The second-order valence-corrected chi connectivity index (χ2v) is 7.03. The third-order valence-electron chi connectivity index (χ3n) is 3.25. The molecule has 1 aromatic heterocycles. The van der Waals surface area contributed by atoms with Crippen molar-refractivity contribution >= 4 is 51.4 Å². The molecule has 2 rings (SSSR count). The van der Waals surface area contributed by atoms with E-state index in [1.807, 2.05) is 24.3 Å². The predicted octanol–water partition coefficient (Wildman–Crippen LogP) is 3.53. The monoisotopic (exact) mass is 409 g/mol. The van der Waals surface area contributed by atoms with Crippen LogP contribution in [-0.4, -0.2) is 29.2 Å². The van der Waals surface area contributed by atoms with E-state index in [-0.39, 0.29) is 0 Å². The number of anilines is 3. The largest absolute Gasteiger partial charge is 0.382 e. The third kappa shape index (κ3) is 4.61. The van der Waals surface area contributed by atoms with E-state index in [0.29, 0.717) is 29.0 Å². The average Bonchev–Trinajstić information content (AvgIpc) is 2.59. The van der Waals surface area contributed by atoms with Crippen molar-refractivity contribution in [3.05, 3.63) is 34.3 Å². The number of rotatable bonds is 8. The lowest BCUT2D eigenvalue weighted by Crippen LogP contribution is -2.24. The van der Waals surface area contributed by atoms with E-state index in [4.69, 9.17) is 5.73 Å². The first-order valence-electron chi connectivity index (χ1n) is 7.53. The van der Waals surface area contributed by atoms with E-state index in [9.17, 15) is 4.79 Å². The number of thioether (sulfide) groups is 1. The quantitative estimate of drug-likeness (QED) is 0.394. The van der Waals surface area contributed by atoms with Crippen LogP contribution in [0.4, 0.5) is 17.3 Å². The molecule has 1 aromatic carbocycles. The number of aromatic nitrogens is 2. The van der Waals surface area contributed by atoms with Crippen molar-refractivity contribution in [2.75, 3.05) is 28.8 Å². The highest BCUT2D eigenvalue weighted by molar-refractivity contribution is 9.10. The van der Waals surface area contributed by atoms with Crippen LogP contribution in [0.2, 0.25) is 0 Å². The van der Waals surface area contributed by atoms with Gasteiger partial charge in [0.2, 0.25) is 6.41 Å². The summed E-state index contributed by atoms with van der Waals surface area (Å²) in [6.07, 6.45) is 1.77. The Kier molecular flexibility index (Phi) is 6.86. The molecular weight excluding hydrogens is 390 g/mol. The molecule has 1 heterocycles. The van der Waals surface area contributed by atoms with Crippen LogP contribution in [0.15, 0.2) is 33.9 Å². The van der Waals surface area contributed by atoms with Crippen molar-refractivity contribution in [1.29, 1.82) is 0 Å². The standard InChI is InChI=1S/C16H20BrN5OS/c1-3-8-24-16-20-14(18)13(19-2)15(21-16)22(10-23)9-11-4-6-12(17)7-5-11/h4-7,10,19H,3,8-9H2,1-2H3,(H2,18,20,21). The van der Waals surface area contributed by atoms with Crippen LogP contribution in [0.3, 0.4) is 0 Å². The molecule has 6 nitrogen and oxygen atoms in total. The number of nitrogens with zero attached hydrogens (tertiary/aromatic N) is 3. The highest BCUT2D eigenvalue weighted by Gasteiger charge is 2.18. The zero-order chi connectivity index (χ0) is 17.5. The van der Waals surface area contributed by atoms with Gasteiger partial charge < -0.3 is 11.1 Å². The summed E-state index contributed by atoms with van der Waals surface area (Å²) in [5.41, 5.74) is 7.58. The van der Waals surface area contributed by atoms with Crippen molar-refractivity contribution in [3.8, 4) is 0 Å². The molecule has 8 heteroatoms. The number of halogens is 1. The van der Waals surface area contributed by atoms with Crippen molar-refractivity contribution in [3.63, 3.8) is 0 Å². The Balaban J connectivity index is 2.35. The first-order valence-corrected chi connectivity index (χ1v) is 9.31. The molecule has 128 valence electrons. The second kappa shape index (κ2) is 8.89. The van der Waals surface area contributed by atoms with E-state index in [1.165, 1.54) is 16.7 Å². The number of hydrogen-bond donors (Lipinski definition) is 2. The highest BCUT2D eigenvalue weighted by atomic mass is 79.9. The number of amides is 1. The van der Waals surface area contributed by atoms with Gasteiger partial charge in [-0.25, -0.2) is 9.97 Å². The molecule has 0 aliphatic rings. The lowest BCUT2D eigenvalue weighted by Gasteiger charge is -2.21. The van der Waals surface area contributed by atoms with Gasteiger partial charge >= 0.3 is 0 Å².